The Morgan fingerprint density at radius 2 is 1.68 bits per heavy atom. The summed E-state index contributed by atoms with van der Waals surface area (Å²) in [6.45, 7) is 9.74. The smallest absolute Gasteiger partial charge is 0.326 e. The van der Waals surface area contributed by atoms with E-state index in [2.05, 4.69) is 20.6 Å². The number of carbonyl (C=O) groups excluding carboxylic acids is 1. The summed E-state index contributed by atoms with van der Waals surface area (Å²) in [6.07, 6.45) is 1.63. The van der Waals surface area contributed by atoms with E-state index in [1.165, 1.54) is 0 Å². The third-order valence-corrected chi connectivity index (χ3v) is 5.87. The van der Waals surface area contributed by atoms with Gasteiger partial charge in [-0.1, -0.05) is 47.5 Å². The Morgan fingerprint density at radius 1 is 1.08 bits per heavy atom. The molecule has 0 saturated heterocycles. The molecule has 0 spiro atoms. The number of halogens is 2. The van der Waals surface area contributed by atoms with Crippen LogP contribution in [0.4, 0.5) is 11.6 Å². The number of aromatic nitrogens is 2. The van der Waals surface area contributed by atoms with Gasteiger partial charge in [-0.05, 0) is 58.4 Å². The van der Waals surface area contributed by atoms with Gasteiger partial charge in [0.05, 0.1) is 11.9 Å². The van der Waals surface area contributed by atoms with Crippen molar-refractivity contribution in [2.75, 3.05) is 11.1 Å². The number of nitrogens with zero attached hydrogens (tertiary/aromatic N) is 2. The van der Waals surface area contributed by atoms with Crippen molar-refractivity contribution < 1.29 is 19.4 Å². The molecule has 0 unspecified atom stereocenters. The molecule has 2 aromatic carbocycles. The minimum Gasteiger partial charge on any atom is -0.483 e. The molecule has 0 fully saturated rings. The molecule has 1 aromatic heterocycles. The second-order valence-electron chi connectivity index (χ2n) is 9.83. The van der Waals surface area contributed by atoms with Crippen LogP contribution in [-0.2, 0) is 27.4 Å². The number of esters is 1. The number of carboxylic acid groups (broad SMARTS) is 1. The lowest BCUT2D eigenvalue weighted by Gasteiger charge is -2.29. The summed E-state index contributed by atoms with van der Waals surface area (Å²) in [7, 11) is 0. The van der Waals surface area contributed by atoms with E-state index in [0.717, 1.165) is 16.7 Å². The number of rotatable bonds is 8. The first-order chi connectivity index (χ1) is 17.8. The molecule has 0 aliphatic rings. The maximum absolute atomic E-state index is 12.5. The molecule has 0 radical (unpaired) electrons. The number of nitrogens with two attached hydrogens (primary N) is 1. The lowest BCUT2D eigenvalue weighted by Crippen LogP contribution is -2.49. The first-order valence-corrected chi connectivity index (χ1v) is 12.5. The van der Waals surface area contributed by atoms with Crippen molar-refractivity contribution in [3.05, 3.63) is 69.8 Å². The van der Waals surface area contributed by atoms with Crippen molar-refractivity contribution in [3.8, 4) is 11.3 Å². The van der Waals surface area contributed by atoms with E-state index in [1.54, 1.807) is 38.2 Å². The summed E-state index contributed by atoms with van der Waals surface area (Å²) in [5.41, 5.74) is 7.91. The monoisotopic (exact) mass is 561 g/mol. The van der Waals surface area contributed by atoms with Crippen LogP contribution in [0.1, 0.15) is 45.7 Å². The summed E-state index contributed by atoms with van der Waals surface area (Å²) in [4.78, 5) is 29.8. The molecular weight excluding hydrogens is 529 g/mol. The molecular formula is C27H33Cl2N5O4. The molecule has 0 atom stereocenters. The number of ether oxygens (including phenoxy) is 1. The highest BCUT2D eigenvalue weighted by atomic mass is 35.5. The molecule has 11 heteroatoms. The number of carbonyl (C=O) groups is 2. The number of nitrogen functional groups attached to an aromatic ring is 1. The largest absolute Gasteiger partial charge is 0.483 e. The van der Waals surface area contributed by atoms with Gasteiger partial charge in [0.15, 0.2) is 11.6 Å². The van der Waals surface area contributed by atoms with Gasteiger partial charge in [-0.25, -0.2) is 9.97 Å². The molecule has 0 amide bonds. The number of hydrogen-bond donors (Lipinski definition) is 4. The molecule has 38 heavy (non-hydrogen) atoms. The zero-order valence-electron chi connectivity index (χ0n) is 22.0. The Hall–Kier alpha value is -3.40. The van der Waals surface area contributed by atoms with Crippen LogP contribution in [0, 0.1) is 0 Å². The van der Waals surface area contributed by atoms with E-state index >= 15 is 0 Å². The van der Waals surface area contributed by atoms with Crippen LogP contribution in [-0.4, -0.2) is 38.7 Å². The van der Waals surface area contributed by atoms with Gasteiger partial charge in [-0.15, -0.1) is 0 Å². The van der Waals surface area contributed by atoms with Gasteiger partial charge in [0.2, 0.25) is 0 Å². The van der Waals surface area contributed by atoms with E-state index in [9.17, 15) is 4.79 Å². The maximum Gasteiger partial charge on any atom is 0.326 e. The molecule has 3 aromatic rings. The Labute approximate surface area is 232 Å². The van der Waals surface area contributed by atoms with Crippen LogP contribution in [0.3, 0.4) is 0 Å². The molecule has 1 heterocycles. The summed E-state index contributed by atoms with van der Waals surface area (Å²) in [5, 5.41) is 14.5. The zero-order chi connectivity index (χ0) is 28.5. The predicted molar refractivity (Wildman–Crippen MR) is 151 cm³/mol. The van der Waals surface area contributed by atoms with Crippen molar-refractivity contribution in [1.82, 2.24) is 15.3 Å². The molecule has 0 aliphatic heterocycles. The predicted octanol–water partition coefficient (Wildman–Crippen LogP) is 5.56. The fourth-order valence-corrected chi connectivity index (χ4v) is 3.71. The zero-order valence-corrected chi connectivity index (χ0v) is 23.5. The quantitative estimate of drug-likeness (QED) is 0.205. The molecule has 9 nitrogen and oxygen atoms in total. The highest BCUT2D eigenvalue weighted by Crippen LogP contribution is 2.27. The van der Waals surface area contributed by atoms with Crippen molar-refractivity contribution in [3.63, 3.8) is 0 Å². The fourth-order valence-electron chi connectivity index (χ4n) is 3.18. The number of anilines is 2. The van der Waals surface area contributed by atoms with Crippen LogP contribution in [0.5, 0.6) is 0 Å². The first kappa shape index (κ1) is 30.8. The summed E-state index contributed by atoms with van der Waals surface area (Å²) in [5.74, 6) is 0.404. The summed E-state index contributed by atoms with van der Waals surface area (Å²) in [6, 6.07) is 13.2. The van der Waals surface area contributed by atoms with Crippen molar-refractivity contribution in [1.29, 1.82) is 0 Å². The van der Waals surface area contributed by atoms with Crippen LogP contribution in [0.25, 0.3) is 11.3 Å². The van der Waals surface area contributed by atoms with Gasteiger partial charge in [-0.3, -0.25) is 14.9 Å². The summed E-state index contributed by atoms with van der Waals surface area (Å²) >= 11 is 12.5. The molecule has 5 N–H and O–H groups in total. The SMILES string of the molecule is CC(C)(C)OC(=O)C(C)(C)NCc1cccc(-c2cnc(N)c(NCc3c(Cl)cccc3Cl)n2)c1.O=CO. The van der Waals surface area contributed by atoms with Gasteiger partial charge in [0.1, 0.15) is 11.1 Å². The van der Waals surface area contributed by atoms with Gasteiger partial charge in [0.25, 0.3) is 6.47 Å². The Morgan fingerprint density at radius 3 is 2.29 bits per heavy atom. The van der Waals surface area contributed by atoms with Crippen molar-refractivity contribution in [2.24, 2.45) is 0 Å². The first-order valence-electron chi connectivity index (χ1n) is 11.7. The van der Waals surface area contributed by atoms with Crippen LogP contribution < -0.4 is 16.4 Å². The Bertz CT molecular complexity index is 1240. The van der Waals surface area contributed by atoms with E-state index < -0.39 is 11.1 Å². The van der Waals surface area contributed by atoms with E-state index in [0.29, 0.717) is 34.6 Å². The fraction of sp³-hybridized carbons (Fsp3) is 0.333. The van der Waals surface area contributed by atoms with E-state index in [4.69, 9.17) is 43.6 Å². The van der Waals surface area contributed by atoms with Crippen molar-refractivity contribution in [2.45, 2.75) is 58.8 Å². The van der Waals surface area contributed by atoms with E-state index in [1.807, 2.05) is 45.0 Å². The third kappa shape index (κ3) is 9.16. The lowest BCUT2D eigenvalue weighted by atomic mass is 10.0. The molecule has 0 saturated carbocycles. The minimum atomic E-state index is -0.846. The molecule has 3 rings (SSSR count). The van der Waals surface area contributed by atoms with Gasteiger partial charge in [-0.2, -0.15) is 0 Å². The highest BCUT2D eigenvalue weighted by molar-refractivity contribution is 6.36. The van der Waals surface area contributed by atoms with Gasteiger partial charge < -0.3 is 20.9 Å². The third-order valence-electron chi connectivity index (χ3n) is 5.16. The number of nitrogens with one attached hydrogen (secondary N) is 2. The van der Waals surface area contributed by atoms with Crippen LogP contribution in [0.2, 0.25) is 10.0 Å². The molecule has 0 bridgehead atoms. The Kier molecular flexibility index (Phi) is 10.9. The average Bonchev–Trinajstić information content (AvgIpc) is 2.83. The normalized spacial score (nSPS) is 11.2. The second kappa shape index (κ2) is 13.4. The maximum atomic E-state index is 12.5. The standard InChI is InChI=1S/C26H31Cl2N5O2.CH2O2/c1-25(2,3)35-24(34)26(4,5)32-13-16-8-6-9-17(12-16)21-15-30-22(29)23(33-21)31-14-18-19(27)10-7-11-20(18)28;2-1-3/h6-12,15,32H,13-14H2,1-5H3,(H2,29,30)(H,31,33);1H,(H,2,3). The highest BCUT2D eigenvalue weighted by Gasteiger charge is 2.32. The number of benzene rings is 2. The lowest BCUT2D eigenvalue weighted by molar-refractivity contribution is -0.161. The van der Waals surface area contributed by atoms with Crippen LogP contribution in [0.15, 0.2) is 48.7 Å². The van der Waals surface area contributed by atoms with E-state index in [-0.39, 0.29) is 18.3 Å². The van der Waals surface area contributed by atoms with Gasteiger partial charge in [0, 0.05) is 34.3 Å². The van der Waals surface area contributed by atoms with Gasteiger partial charge >= 0.3 is 5.97 Å². The Balaban J connectivity index is 0.00000161. The average molecular weight is 562 g/mol. The molecule has 204 valence electrons. The second-order valence-corrected chi connectivity index (χ2v) is 10.6. The summed E-state index contributed by atoms with van der Waals surface area (Å²) < 4.78 is 5.52. The van der Waals surface area contributed by atoms with Crippen molar-refractivity contribution >= 4 is 47.3 Å². The van der Waals surface area contributed by atoms with Crippen LogP contribution >= 0.6 is 23.2 Å². The number of hydrogen-bond acceptors (Lipinski definition) is 8. The topological polar surface area (TPSA) is 139 Å². The minimum absolute atomic E-state index is 0.250. The molecule has 0 aliphatic carbocycles.